The molecule has 0 unspecified atom stereocenters. The van der Waals surface area contributed by atoms with Crippen LogP contribution in [0.25, 0.3) is 0 Å². The molecule has 0 spiro atoms. The van der Waals surface area contributed by atoms with Crippen molar-refractivity contribution in [2.75, 3.05) is 5.32 Å². The number of carbonyl (C=O) groups is 1. The highest BCUT2D eigenvalue weighted by molar-refractivity contribution is 6.07. The van der Waals surface area contributed by atoms with E-state index in [1.165, 1.54) is 0 Å². The predicted molar refractivity (Wildman–Crippen MR) is 61.4 cm³/mol. The summed E-state index contributed by atoms with van der Waals surface area (Å²) in [5.41, 5.74) is 1.64. The first-order valence-electron chi connectivity index (χ1n) is 4.77. The number of anilines is 1. The van der Waals surface area contributed by atoms with Crippen LogP contribution in [0.1, 0.15) is 0 Å². The Morgan fingerprint density at radius 1 is 1.00 bits per heavy atom. The number of nitrogens with one attached hydrogen (secondary N) is 1. The van der Waals surface area contributed by atoms with Crippen molar-refractivity contribution >= 4 is 11.5 Å². The lowest BCUT2D eigenvalue weighted by atomic mass is 10.1. The Hall–Kier alpha value is -2.09. The SMILES string of the molecule is O=C1C=CC=C/C1=C\Nc1ccccc1. The van der Waals surface area contributed by atoms with Gasteiger partial charge in [-0.1, -0.05) is 30.4 Å². The van der Waals surface area contributed by atoms with Crippen LogP contribution in [-0.4, -0.2) is 5.78 Å². The summed E-state index contributed by atoms with van der Waals surface area (Å²) < 4.78 is 0. The minimum atomic E-state index is 0.0286. The average Bonchev–Trinajstić information content (AvgIpc) is 2.29. The van der Waals surface area contributed by atoms with Gasteiger partial charge >= 0.3 is 0 Å². The Kier molecular flexibility index (Phi) is 2.79. The van der Waals surface area contributed by atoms with Crippen LogP contribution in [0.2, 0.25) is 0 Å². The maximum absolute atomic E-state index is 11.4. The second-order valence-corrected chi connectivity index (χ2v) is 3.19. The van der Waals surface area contributed by atoms with Crippen molar-refractivity contribution in [1.29, 1.82) is 0 Å². The van der Waals surface area contributed by atoms with Crippen molar-refractivity contribution in [3.63, 3.8) is 0 Å². The molecule has 0 fully saturated rings. The van der Waals surface area contributed by atoms with E-state index in [4.69, 9.17) is 0 Å². The van der Waals surface area contributed by atoms with Crippen LogP contribution in [0.15, 0.2) is 66.4 Å². The minimum absolute atomic E-state index is 0.0286. The third kappa shape index (κ3) is 2.44. The number of para-hydroxylation sites is 1. The van der Waals surface area contributed by atoms with Crippen LogP contribution in [0.3, 0.4) is 0 Å². The number of allylic oxidation sites excluding steroid dienone is 5. The summed E-state index contributed by atoms with van der Waals surface area (Å²) in [5.74, 6) is 0.0286. The highest BCUT2D eigenvalue weighted by atomic mass is 16.1. The number of ketones is 1. The molecule has 1 aromatic carbocycles. The zero-order valence-electron chi connectivity index (χ0n) is 8.18. The summed E-state index contributed by atoms with van der Waals surface area (Å²) in [5, 5.41) is 3.08. The molecule has 0 saturated carbocycles. The van der Waals surface area contributed by atoms with Gasteiger partial charge in [-0.3, -0.25) is 4.79 Å². The van der Waals surface area contributed by atoms with Gasteiger partial charge in [0.1, 0.15) is 0 Å². The molecule has 2 rings (SSSR count). The normalized spacial score (nSPS) is 17.1. The van der Waals surface area contributed by atoms with Gasteiger partial charge in [0, 0.05) is 17.5 Å². The highest BCUT2D eigenvalue weighted by Gasteiger charge is 2.04. The molecule has 0 aromatic heterocycles. The molecule has 1 aliphatic rings. The molecule has 0 radical (unpaired) electrons. The number of benzene rings is 1. The molecule has 2 nitrogen and oxygen atoms in total. The van der Waals surface area contributed by atoms with Gasteiger partial charge in [-0.05, 0) is 24.3 Å². The molecule has 0 saturated heterocycles. The smallest absolute Gasteiger partial charge is 0.187 e. The molecule has 1 N–H and O–H groups in total. The Labute approximate surface area is 88.6 Å². The molecular weight excluding hydrogens is 186 g/mol. The molecular formula is C13H11NO. The summed E-state index contributed by atoms with van der Waals surface area (Å²) in [6.07, 6.45) is 8.65. The highest BCUT2D eigenvalue weighted by Crippen LogP contribution is 2.09. The number of hydrogen-bond donors (Lipinski definition) is 1. The van der Waals surface area contributed by atoms with E-state index in [9.17, 15) is 4.79 Å². The van der Waals surface area contributed by atoms with E-state index in [-0.39, 0.29) is 5.78 Å². The van der Waals surface area contributed by atoms with Gasteiger partial charge in [-0.25, -0.2) is 0 Å². The van der Waals surface area contributed by atoms with Crippen molar-refractivity contribution in [3.05, 3.63) is 66.4 Å². The van der Waals surface area contributed by atoms with E-state index in [1.54, 1.807) is 24.4 Å². The van der Waals surface area contributed by atoms with Crippen LogP contribution in [-0.2, 0) is 4.79 Å². The molecule has 74 valence electrons. The van der Waals surface area contributed by atoms with E-state index >= 15 is 0 Å². The lowest BCUT2D eigenvalue weighted by Gasteiger charge is -2.03. The zero-order chi connectivity index (χ0) is 10.5. The predicted octanol–water partition coefficient (Wildman–Crippen LogP) is 2.68. The fourth-order valence-electron chi connectivity index (χ4n) is 1.30. The average molecular weight is 197 g/mol. The molecule has 0 aliphatic heterocycles. The van der Waals surface area contributed by atoms with E-state index in [0.717, 1.165) is 5.69 Å². The van der Waals surface area contributed by atoms with Crippen molar-refractivity contribution in [1.82, 2.24) is 0 Å². The van der Waals surface area contributed by atoms with E-state index < -0.39 is 0 Å². The lowest BCUT2D eigenvalue weighted by Crippen LogP contribution is -2.01. The zero-order valence-corrected chi connectivity index (χ0v) is 8.18. The molecule has 0 bridgehead atoms. The van der Waals surface area contributed by atoms with Crippen LogP contribution in [0.4, 0.5) is 5.69 Å². The summed E-state index contributed by atoms with van der Waals surface area (Å²) >= 11 is 0. The first-order chi connectivity index (χ1) is 7.36. The van der Waals surface area contributed by atoms with Crippen molar-refractivity contribution in [2.45, 2.75) is 0 Å². The van der Waals surface area contributed by atoms with Crippen LogP contribution < -0.4 is 5.32 Å². The summed E-state index contributed by atoms with van der Waals surface area (Å²) in [4.78, 5) is 11.4. The first kappa shape index (κ1) is 9.46. The number of hydrogen-bond acceptors (Lipinski definition) is 2. The Bertz CT molecular complexity index is 441. The van der Waals surface area contributed by atoms with Crippen molar-refractivity contribution < 1.29 is 4.79 Å². The summed E-state index contributed by atoms with van der Waals surface area (Å²) in [6, 6.07) is 9.74. The van der Waals surface area contributed by atoms with Gasteiger partial charge in [0.05, 0.1) is 0 Å². The fraction of sp³-hybridized carbons (Fsp3) is 0. The topological polar surface area (TPSA) is 29.1 Å². The van der Waals surface area contributed by atoms with Crippen molar-refractivity contribution in [3.8, 4) is 0 Å². The van der Waals surface area contributed by atoms with Gasteiger partial charge < -0.3 is 5.32 Å². The van der Waals surface area contributed by atoms with Gasteiger partial charge in [0.25, 0.3) is 0 Å². The quantitative estimate of drug-likeness (QED) is 0.738. The van der Waals surface area contributed by atoms with Gasteiger partial charge in [-0.15, -0.1) is 0 Å². The van der Waals surface area contributed by atoms with Gasteiger partial charge in [-0.2, -0.15) is 0 Å². The molecule has 1 aliphatic carbocycles. The lowest BCUT2D eigenvalue weighted by molar-refractivity contribution is -0.111. The summed E-state index contributed by atoms with van der Waals surface area (Å²) in [6.45, 7) is 0. The number of rotatable bonds is 2. The molecule has 0 heterocycles. The minimum Gasteiger partial charge on any atom is -0.361 e. The molecule has 2 heteroatoms. The second kappa shape index (κ2) is 4.42. The Balaban J connectivity index is 2.09. The van der Waals surface area contributed by atoms with Gasteiger partial charge in [0.2, 0.25) is 0 Å². The Morgan fingerprint density at radius 2 is 1.73 bits per heavy atom. The number of carbonyl (C=O) groups excluding carboxylic acids is 1. The van der Waals surface area contributed by atoms with Crippen LogP contribution in [0, 0.1) is 0 Å². The third-order valence-corrected chi connectivity index (χ3v) is 2.09. The second-order valence-electron chi connectivity index (χ2n) is 3.19. The van der Waals surface area contributed by atoms with Crippen molar-refractivity contribution in [2.24, 2.45) is 0 Å². The van der Waals surface area contributed by atoms with E-state index in [2.05, 4.69) is 5.32 Å². The van der Waals surface area contributed by atoms with E-state index in [0.29, 0.717) is 5.57 Å². The fourth-order valence-corrected chi connectivity index (χ4v) is 1.30. The van der Waals surface area contributed by atoms with Crippen LogP contribution in [0.5, 0.6) is 0 Å². The maximum Gasteiger partial charge on any atom is 0.187 e. The Morgan fingerprint density at radius 3 is 2.47 bits per heavy atom. The monoisotopic (exact) mass is 197 g/mol. The van der Waals surface area contributed by atoms with E-state index in [1.807, 2.05) is 36.4 Å². The van der Waals surface area contributed by atoms with Gasteiger partial charge in [0.15, 0.2) is 5.78 Å². The standard InChI is InChI=1S/C13H11NO/c15-13-9-5-4-6-11(13)10-14-12-7-2-1-3-8-12/h1-10,14H/b11-10+. The largest absolute Gasteiger partial charge is 0.361 e. The third-order valence-electron chi connectivity index (χ3n) is 2.09. The van der Waals surface area contributed by atoms with Crippen LogP contribution >= 0.6 is 0 Å². The molecule has 1 aromatic rings. The first-order valence-corrected chi connectivity index (χ1v) is 4.77. The summed E-state index contributed by atoms with van der Waals surface area (Å²) in [7, 11) is 0. The molecule has 0 atom stereocenters. The maximum atomic E-state index is 11.4. The molecule has 15 heavy (non-hydrogen) atoms. The molecule has 0 amide bonds.